The summed E-state index contributed by atoms with van der Waals surface area (Å²) in [6, 6.07) is 0.747. The van der Waals surface area contributed by atoms with Gasteiger partial charge in [-0.05, 0) is 26.2 Å². The molecule has 0 saturated carbocycles. The van der Waals surface area contributed by atoms with Crippen molar-refractivity contribution in [2.45, 2.75) is 38.3 Å². The van der Waals surface area contributed by atoms with Crippen LogP contribution in [0, 0.1) is 6.92 Å². The molecule has 4 heteroatoms. The molecule has 3 heterocycles. The van der Waals surface area contributed by atoms with E-state index in [0.29, 0.717) is 12.1 Å². The summed E-state index contributed by atoms with van der Waals surface area (Å²) in [6.45, 7) is 1.91. The molecule has 1 fully saturated rings. The van der Waals surface area contributed by atoms with Crippen LogP contribution < -0.4 is 0 Å². The standard InChI is InChI=1S/C12H14N2OS/c1-8-11(16-7-13-8)12(15)14-9-3-2-4-10(14)6-5-9/h2-3,7,9-10H,4-6H2,1H3. The summed E-state index contributed by atoms with van der Waals surface area (Å²) in [7, 11) is 0. The summed E-state index contributed by atoms with van der Waals surface area (Å²) < 4.78 is 0. The molecule has 16 heavy (non-hydrogen) atoms. The number of rotatable bonds is 1. The Labute approximate surface area is 98.8 Å². The van der Waals surface area contributed by atoms with E-state index in [-0.39, 0.29) is 5.91 Å². The van der Waals surface area contributed by atoms with E-state index < -0.39 is 0 Å². The molecule has 2 aliphatic rings. The quantitative estimate of drug-likeness (QED) is 0.699. The molecule has 1 aromatic rings. The van der Waals surface area contributed by atoms with E-state index in [2.05, 4.69) is 22.0 Å². The number of aromatic nitrogens is 1. The van der Waals surface area contributed by atoms with Crippen molar-refractivity contribution >= 4 is 17.2 Å². The van der Waals surface area contributed by atoms with Crippen molar-refractivity contribution in [2.75, 3.05) is 0 Å². The van der Waals surface area contributed by atoms with Crippen molar-refractivity contribution in [2.24, 2.45) is 0 Å². The molecule has 2 unspecified atom stereocenters. The molecule has 0 N–H and O–H groups in total. The molecule has 1 aromatic heterocycles. The van der Waals surface area contributed by atoms with Crippen molar-refractivity contribution < 1.29 is 4.79 Å². The molecule has 0 aromatic carbocycles. The first kappa shape index (κ1) is 10.0. The minimum atomic E-state index is 0.178. The highest BCUT2D eigenvalue weighted by molar-refractivity contribution is 7.11. The van der Waals surface area contributed by atoms with Crippen LogP contribution in [0.3, 0.4) is 0 Å². The summed E-state index contributed by atoms with van der Waals surface area (Å²) in [5.41, 5.74) is 2.62. The van der Waals surface area contributed by atoms with Gasteiger partial charge < -0.3 is 4.90 Å². The topological polar surface area (TPSA) is 33.2 Å². The zero-order valence-corrected chi connectivity index (χ0v) is 10.0. The second-order valence-electron chi connectivity index (χ2n) is 4.44. The molecule has 0 aliphatic carbocycles. The number of carbonyl (C=O) groups is 1. The smallest absolute Gasteiger partial charge is 0.266 e. The summed E-state index contributed by atoms with van der Waals surface area (Å²) in [4.78, 5) is 19.4. The van der Waals surface area contributed by atoms with E-state index in [0.717, 1.165) is 29.8 Å². The Morgan fingerprint density at radius 1 is 1.56 bits per heavy atom. The van der Waals surface area contributed by atoms with Crippen molar-refractivity contribution in [3.8, 4) is 0 Å². The second kappa shape index (κ2) is 3.70. The minimum absolute atomic E-state index is 0.178. The van der Waals surface area contributed by atoms with Gasteiger partial charge in [0.25, 0.3) is 5.91 Å². The van der Waals surface area contributed by atoms with Crippen LogP contribution in [0.2, 0.25) is 0 Å². The Hall–Kier alpha value is -1.16. The first-order valence-corrected chi connectivity index (χ1v) is 6.55. The second-order valence-corrected chi connectivity index (χ2v) is 5.30. The van der Waals surface area contributed by atoms with Gasteiger partial charge in [-0.3, -0.25) is 4.79 Å². The Bertz CT molecular complexity index is 452. The lowest BCUT2D eigenvalue weighted by molar-refractivity contribution is 0.0693. The third-order valence-corrected chi connectivity index (χ3v) is 4.40. The fourth-order valence-corrected chi connectivity index (χ4v) is 3.41. The number of aryl methyl sites for hydroxylation is 1. The Morgan fingerprint density at radius 2 is 2.44 bits per heavy atom. The van der Waals surface area contributed by atoms with Gasteiger partial charge in [0.2, 0.25) is 0 Å². The lowest BCUT2D eigenvalue weighted by atomic mass is 10.1. The zero-order chi connectivity index (χ0) is 11.1. The number of carbonyl (C=O) groups excluding carboxylic acids is 1. The summed E-state index contributed by atoms with van der Waals surface area (Å²) in [6.07, 6.45) is 7.66. The van der Waals surface area contributed by atoms with E-state index in [1.807, 2.05) is 6.92 Å². The summed E-state index contributed by atoms with van der Waals surface area (Å²) >= 11 is 1.46. The van der Waals surface area contributed by atoms with Crippen LogP contribution in [0.5, 0.6) is 0 Å². The minimum Gasteiger partial charge on any atom is -0.328 e. The van der Waals surface area contributed by atoms with Crippen LogP contribution in [-0.2, 0) is 0 Å². The van der Waals surface area contributed by atoms with E-state index in [1.54, 1.807) is 5.51 Å². The van der Waals surface area contributed by atoms with Gasteiger partial charge in [0, 0.05) is 6.04 Å². The number of hydrogen-bond donors (Lipinski definition) is 0. The average molecular weight is 234 g/mol. The highest BCUT2D eigenvalue weighted by atomic mass is 32.1. The molecule has 0 radical (unpaired) electrons. The predicted molar refractivity (Wildman–Crippen MR) is 63.6 cm³/mol. The fraction of sp³-hybridized carbons (Fsp3) is 0.500. The van der Waals surface area contributed by atoms with E-state index in [9.17, 15) is 4.79 Å². The molecule has 1 amide bonds. The zero-order valence-electron chi connectivity index (χ0n) is 9.22. The summed E-state index contributed by atoms with van der Waals surface area (Å²) in [5, 5.41) is 0. The monoisotopic (exact) mass is 234 g/mol. The van der Waals surface area contributed by atoms with Crippen molar-refractivity contribution in [3.05, 3.63) is 28.2 Å². The molecule has 3 nitrogen and oxygen atoms in total. The van der Waals surface area contributed by atoms with Crippen molar-refractivity contribution in [1.82, 2.24) is 9.88 Å². The lowest BCUT2D eigenvalue weighted by Gasteiger charge is -2.31. The molecular weight excluding hydrogens is 220 g/mol. The maximum atomic E-state index is 12.4. The highest BCUT2D eigenvalue weighted by Gasteiger charge is 2.38. The van der Waals surface area contributed by atoms with Gasteiger partial charge in [-0.1, -0.05) is 12.2 Å². The highest BCUT2D eigenvalue weighted by Crippen LogP contribution is 2.33. The van der Waals surface area contributed by atoms with E-state index in [1.165, 1.54) is 11.3 Å². The van der Waals surface area contributed by atoms with Crippen LogP contribution in [0.15, 0.2) is 17.7 Å². The molecular formula is C12H14N2OS. The molecule has 2 atom stereocenters. The molecule has 2 aliphatic heterocycles. The third-order valence-electron chi connectivity index (χ3n) is 3.49. The largest absolute Gasteiger partial charge is 0.328 e. The number of thiazole rings is 1. The molecule has 2 bridgehead atoms. The van der Waals surface area contributed by atoms with Crippen molar-refractivity contribution in [3.63, 3.8) is 0 Å². The average Bonchev–Trinajstić information content (AvgIpc) is 2.80. The Morgan fingerprint density at radius 3 is 3.12 bits per heavy atom. The van der Waals surface area contributed by atoms with Gasteiger partial charge in [-0.2, -0.15) is 0 Å². The lowest BCUT2D eigenvalue weighted by Crippen LogP contribution is -2.42. The Kier molecular flexibility index (Phi) is 2.32. The van der Waals surface area contributed by atoms with Crippen molar-refractivity contribution in [1.29, 1.82) is 0 Å². The Balaban J connectivity index is 1.92. The maximum absolute atomic E-state index is 12.4. The van der Waals surface area contributed by atoms with Crippen LogP contribution in [0.1, 0.15) is 34.6 Å². The van der Waals surface area contributed by atoms with Gasteiger partial charge in [-0.25, -0.2) is 4.98 Å². The number of hydrogen-bond acceptors (Lipinski definition) is 3. The number of amides is 1. The first-order valence-electron chi connectivity index (χ1n) is 5.67. The maximum Gasteiger partial charge on any atom is 0.266 e. The van der Waals surface area contributed by atoms with Crippen LogP contribution in [0.4, 0.5) is 0 Å². The first-order chi connectivity index (χ1) is 7.77. The SMILES string of the molecule is Cc1ncsc1C(=O)N1C2C=CCC1CC2. The molecule has 84 valence electrons. The van der Waals surface area contributed by atoms with Crippen LogP contribution in [-0.4, -0.2) is 27.9 Å². The van der Waals surface area contributed by atoms with Gasteiger partial charge in [-0.15, -0.1) is 11.3 Å². The van der Waals surface area contributed by atoms with E-state index >= 15 is 0 Å². The number of fused-ring (bicyclic) bond motifs is 2. The van der Waals surface area contributed by atoms with Gasteiger partial charge >= 0.3 is 0 Å². The summed E-state index contributed by atoms with van der Waals surface area (Å²) in [5.74, 6) is 0.178. The number of nitrogens with zero attached hydrogens (tertiary/aromatic N) is 2. The van der Waals surface area contributed by atoms with Gasteiger partial charge in [0.05, 0.1) is 17.2 Å². The third kappa shape index (κ3) is 1.40. The molecule has 3 rings (SSSR count). The normalized spacial score (nSPS) is 27.4. The van der Waals surface area contributed by atoms with Crippen LogP contribution in [0.25, 0.3) is 0 Å². The molecule has 1 saturated heterocycles. The van der Waals surface area contributed by atoms with Gasteiger partial charge in [0.1, 0.15) is 4.88 Å². The van der Waals surface area contributed by atoms with Crippen LogP contribution >= 0.6 is 11.3 Å². The predicted octanol–water partition coefficient (Wildman–Crippen LogP) is 2.38. The molecule has 0 spiro atoms. The van der Waals surface area contributed by atoms with Gasteiger partial charge in [0.15, 0.2) is 0 Å². The van der Waals surface area contributed by atoms with E-state index in [4.69, 9.17) is 0 Å². The fourth-order valence-electron chi connectivity index (χ4n) is 2.67.